The minimum absolute atomic E-state index is 0.0619. The summed E-state index contributed by atoms with van der Waals surface area (Å²) in [5, 5.41) is 21.3. The zero-order valence-electron chi connectivity index (χ0n) is 19.0. The van der Waals surface area contributed by atoms with Crippen LogP contribution in [-0.4, -0.2) is 58.0 Å². The lowest BCUT2D eigenvalue weighted by atomic mass is 9.73. The molecular weight excluding hydrogens is 428 g/mol. The van der Waals surface area contributed by atoms with Crippen molar-refractivity contribution < 1.29 is 28.5 Å². The van der Waals surface area contributed by atoms with Crippen molar-refractivity contribution in [2.75, 3.05) is 13.7 Å². The van der Waals surface area contributed by atoms with Crippen molar-refractivity contribution in [1.29, 1.82) is 0 Å². The number of ether oxygens (including phenoxy) is 1. The highest BCUT2D eigenvalue weighted by Gasteiger charge is 2.55. The third kappa shape index (κ3) is 4.42. The summed E-state index contributed by atoms with van der Waals surface area (Å²) < 4.78 is 35.1. The molecule has 2 fully saturated rings. The molecule has 1 amide bonds. The molecule has 2 aromatic carbocycles. The van der Waals surface area contributed by atoms with Crippen LogP contribution in [0.25, 0.3) is 0 Å². The van der Waals surface area contributed by atoms with Crippen LogP contribution in [0.1, 0.15) is 60.9 Å². The first-order chi connectivity index (χ1) is 15.7. The number of nitrogens with zero attached hydrogens (tertiary/aromatic N) is 1. The second-order valence-corrected chi connectivity index (χ2v) is 9.65. The van der Waals surface area contributed by atoms with Gasteiger partial charge in [-0.15, -0.1) is 0 Å². The largest absolute Gasteiger partial charge is 0.396 e. The lowest BCUT2D eigenvalue weighted by molar-refractivity contribution is -0.225. The van der Waals surface area contributed by atoms with Gasteiger partial charge in [-0.05, 0) is 62.6 Å². The molecule has 7 heteroatoms. The van der Waals surface area contributed by atoms with Crippen LogP contribution in [-0.2, 0) is 4.74 Å². The molecule has 4 rings (SSSR count). The first-order valence-corrected chi connectivity index (χ1v) is 11.4. The number of hydrogen-bond acceptors (Lipinski definition) is 4. The number of benzene rings is 2. The van der Waals surface area contributed by atoms with Gasteiger partial charge in [-0.1, -0.05) is 36.4 Å². The van der Waals surface area contributed by atoms with E-state index in [-0.39, 0.29) is 12.5 Å². The summed E-state index contributed by atoms with van der Waals surface area (Å²) in [6, 6.07) is 12.6. The highest BCUT2D eigenvalue weighted by molar-refractivity contribution is 5.94. The summed E-state index contributed by atoms with van der Waals surface area (Å²) in [4.78, 5) is 14.3. The van der Waals surface area contributed by atoms with E-state index >= 15 is 0 Å². The first-order valence-electron chi connectivity index (χ1n) is 11.4. The number of rotatable bonds is 5. The van der Waals surface area contributed by atoms with Crippen molar-refractivity contribution in [3.63, 3.8) is 0 Å². The van der Waals surface area contributed by atoms with Gasteiger partial charge < -0.3 is 19.8 Å². The van der Waals surface area contributed by atoms with E-state index in [0.29, 0.717) is 32.1 Å². The minimum atomic E-state index is -1.08. The number of hydrogen-bond donors (Lipinski definition) is 2. The van der Waals surface area contributed by atoms with E-state index in [0.717, 1.165) is 17.7 Å². The fraction of sp³-hybridized carbons (Fsp3) is 0.500. The number of fused-ring (bicyclic) bond motifs is 2. The molecule has 2 aliphatic rings. The fourth-order valence-corrected chi connectivity index (χ4v) is 5.78. The zero-order chi connectivity index (χ0) is 23.8. The third-order valence-electron chi connectivity index (χ3n) is 7.44. The van der Waals surface area contributed by atoms with Gasteiger partial charge in [0.2, 0.25) is 0 Å². The zero-order valence-corrected chi connectivity index (χ0v) is 19.0. The maximum atomic E-state index is 14.3. The number of carbonyl (C=O) groups is 1. The van der Waals surface area contributed by atoms with Crippen LogP contribution in [0.4, 0.5) is 8.78 Å². The third-order valence-corrected chi connectivity index (χ3v) is 7.44. The Balaban J connectivity index is 1.68. The fourth-order valence-electron chi connectivity index (χ4n) is 5.78. The van der Waals surface area contributed by atoms with Crippen LogP contribution in [0.3, 0.4) is 0 Å². The van der Waals surface area contributed by atoms with Gasteiger partial charge in [0.05, 0.1) is 17.2 Å². The van der Waals surface area contributed by atoms with Gasteiger partial charge in [-0.3, -0.25) is 4.79 Å². The molecule has 0 aliphatic carbocycles. The van der Waals surface area contributed by atoms with Crippen molar-refractivity contribution in [3.05, 3.63) is 71.3 Å². The van der Waals surface area contributed by atoms with Gasteiger partial charge in [0.15, 0.2) is 0 Å². The Morgan fingerprint density at radius 2 is 1.79 bits per heavy atom. The van der Waals surface area contributed by atoms with Crippen LogP contribution in [0.5, 0.6) is 0 Å². The Morgan fingerprint density at radius 3 is 2.42 bits per heavy atom. The highest BCUT2D eigenvalue weighted by atomic mass is 19.1. The van der Waals surface area contributed by atoms with Crippen molar-refractivity contribution in [2.45, 2.75) is 68.3 Å². The van der Waals surface area contributed by atoms with E-state index in [9.17, 15) is 23.8 Å². The Morgan fingerprint density at radius 1 is 1.12 bits per heavy atom. The van der Waals surface area contributed by atoms with E-state index in [1.807, 2.05) is 25.1 Å². The molecule has 2 bridgehead atoms. The molecule has 0 aromatic heterocycles. The maximum Gasteiger partial charge on any atom is 0.259 e. The van der Waals surface area contributed by atoms with Gasteiger partial charge in [-0.25, -0.2) is 8.78 Å². The van der Waals surface area contributed by atoms with Crippen molar-refractivity contribution in [1.82, 2.24) is 4.90 Å². The maximum absolute atomic E-state index is 14.3. The lowest BCUT2D eigenvalue weighted by Gasteiger charge is -2.50. The summed E-state index contributed by atoms with van der Waals surface area (Å²) in [6.45, 7) is 1.77. The van der Waals surface area contributed by atoms with E-state index in [2.05, 4.69) is 12.1 Å². The average Bonchev–Trinajstić information content (AvgIpc) is 2.86. The van der Waals surface area contributed by atoms with Crippen LogP contribution in [0.15, 0.2) is 48.5 Å². The van der Waals surface area contributed by atoms with Crippen molar-refractivity contribution >= 4 is 5.91 Å². The molecule has 2 N–H and O–H groups in total. The molecule has 2 heterocycles. The van der Waals surface area contributed by atoms with Gasteiger partial charge >= 0.3 is 0 Å². The number of carbonyl (C=O) groups excluding carboxylic acids is 1. The predicted octanol–water partition coefficient (Wildman–Crippen LogP) is 4.03. The second kappa shape index (κ2) is 9.12. The highest BCUT2D eigenvalue weighted by Crippen LogP contribution is 2.51. The summed E-state index contributed by atoms with van der Waals surface area (Å²) in [5.41, 5.74) is -1.15. The number of halogens is 2. The molecule has 0 saturated carbocycles. The number of aliphatic hydroxyl groups excluding tert-OH is 2. The molecule has 0 spiro atoms. The standard InChI is InChI=1S/C26H31F2NO4/c1-25-15-18(17-7-4-3-5-8-17)16-26(33-25,13-14-30)12-11-21(23(25)31)29(2)24(32)22-19(27)9-6-10-20(22)28/h3-10,18,21,23,30-31H,11-16H2,1-2H3/t18-,21+,23-,25+,26-/m1/s1. The summed E-state index contributed by atoms with van der Waals surface area (Å²) >= 11 is 0. The quantitative estimate of drug-likeness (QED) is 0.708. The molecule has 33 heavy (non-hydrogen) atoms. The van der Waals surface area contributed by atoms with Crippen molar-refractivity contribution in [3.8, 4) is 0 Å². The Hall–Kier alpha value is -2.35. The lowest BCUT2D eigenvalue weighted by Crippen LogP contribution is -2.58. The molecule has 0 radical (unpaired) electrons. The van der Waals surface area contributed by atoms with Gasteiger partial charge in [0.25, 0.3) is 5.91 Å². The van der Waals surface area contributed by atoms with Crippen LogP contribution in [0, 0.1) is 11.6 Å². The Labute approximate surface area is 193 Å². The van der Waals surface area contributed by atoms with E-state index in [1.54, 1.807) is 0 Å². The van der Waals surface area contributed by atoms with Gasteiger partial charge in [-0.2, -0.15) is 0 Å². The Kier molecular flexibility index (Phi) is 6.58. The van der Waals surface area contributed by atoms with E-state index < -0.39 is 46.5 Å². The molecular formula is C26H31F2NO4. The molecule has 2 aliphatic heterocycles. The number of amides is 1. The summed E-state index contributed by atoms with van der Waals surface area (Å²) in [6.07, 6.45) is 1.44. The average molecular weight is 460 g/mol. The summed E-state index contributed by atoms with van der Waals surface area (Å²) in [7, 11) is 1.47. The SMILES string of the molecule is CN(C(=O)c1c(F)cccc1F)[C@H]1CC[C@@]2(CCO)C[C@H](c3ccccc3)C[C@](C)(O2)[C@@H]1O. The van der Waals surface area contributed by atoms with Gasteiger partial charge in [0.1, 0.15) is 23.3 Å². The molecule has 178 valence electrons. The Bertz CT molecular complexity index is 983. The van der Waals surface area contributed by atoms with Gasteiger partial charge in [0, 0.05) is 13.7 Å². The van der Waals surface area contributed by atoms with E-state index in [1.165, 1.54) is 18.0 Å². The topological polar surface area (TPSA) is 70.0 Å². The first kappa shape index (κ1) is 23.8. The predicted molar refractivity (Wildman–Crippen MR) is 120 cm³/mol. The van der Waals surface area contributed by atoms with Crippen LogP contribution in [0.2, 0.25) is 0 Å². The summed E-state index contributed by atoms with van der Waals surface area (Å²) in [5.74, 6) is -2.57. The second-order valence-electron chi connectivity index (χ2n) is 9.65. The monoisotopic (exact) mass is 459 g/mol. The number of likely N-dealkylation sites (N-methyl/N-ethyl adjacent to an activating group) is 1. The van der Waals surface area contributed by atoms with E-state index in [4.69, 9.17) is 4.74 Å². The molecule has 2 aromatic rings. The molecule has 5 atom stereocenters. The smallest absolute Gasteiger partial charge is 0.259 e. The molecule has 5 nitrogen and oxygen atoms in total. The van der Waals surface area contributed by atoms with Crippen molar-refractivity contribution in [2.24, 2.45) is 0 Å². The van der Waals surface area contributed by atoms with Crippen LogP contribution < -0.4 is 0 Å². The minimum Gasteiger partial charge on any atom is -0.396 e. The normalized spacial score (nSPS) is 31.6. The van der Waals surface area contributed by atoms with Crippen LogP contribution >= 0.6 is 0 Å². The molecule has 0 unspecified atom stereocenters. The molecule has 2 saturated heterocycles. The number of aliphatic hydroxyl groups is 2.